The maximum atomic E-state index is 12.4. The molecule has 0 spiro atoms. The van der Waals surface area contributed by atoms with Crippen LogP contribution in [-0.4, -0.2) is 20.1 Å². The van der Waals surface area contributed by atoms with E-state index in [-0.39, 0.29) is 16.6 Å². The summed E-state index contributed by atoms with van der Waals surface area (Å²) < 4.78 is 27.3. The number of aryl methyl sites for hydroxylation is 2. The van der Waals surface area contributed by atoms with Crippen molar-refractivity contribution in [3.8, 4) is 0 Å². The fourth-order valence-electron chi connectivity index (χ4n) is 2.72. The van der Waals surface area contributed by atoms with Crippen molar-refractivity contribution in [2.24, 2.45) is 0 Å². The Bertz CT molecular complexity index is 1100. The molecule has 0 heterocycles. The maximum Gasteiger partial charge on any atom is 0.261 e. The minimum atomic E-state index is -3.61. The molecule has 0 aliphatic carbocycles. The predicted molar refractivity (Wildman–Crippen MR) is 119 cm³/mol. The third-order valence-corrected chi connectivity index (χ3v) is 6.60. The van der Waals surface area contributed by atoms with Gasteiger partial charge in [0.1, 0.15) is 0 Å². The second-order valence-corrected chi connectivity index (χ2v) is 9.33. The Kier molecular flexibility index (Phi) is 6.61. The Morgan fingerprint density at radius 1 is 0.931 bits per heavy atom. The largest absolute Gasteiger partial charge is 0.325 e. The molecule has 0 fully saturated rings. The van der Waals surface area contributed by atoms with Crippen molar-refractivity contribution in [1.29, 1.82) is 0 Å². The minimum Gasteiger partial charge on any atom is -0.325 e. The quantitative estimate of drug-likeness (QED) is 0.531. The van der Waals surface area contributed by atoms with Gasteiger partial charge in [-0.3, -0.25) is 9.52 Å². The summed E-state index contributed by atoms with van der Waals surface area (Å²) in [6.07, 6.45) is 0. The van der Waals surface area contributed by atoms with Crippen LogP contribution in [0.25, 0.3) is 0 Å². The van der Waals surface area contributed by atoms with E-state index in [9.17, 15) is 13.2 Å². The first-order valence-corrected chi connectivity index (χ1v) is 11.5. The van der Waals surface area contributed by atoms with Crippen molar-refractivity contribution in [3.63, 3.8) is 0 Å². The monoisotopic (exact) mass is 426 g/mol. The first kappa shape index (κ1) is 21.0. The molecule has 3 aromatic rings. The number of benzene rings is 3. The van der Waals surface area contributed by atoms with Gasteiger partial charge in [0.05, 0.1) is 10.6 Å². The second kappa shape index (κ2) is 9.15. The first-order chi connectivity index (χ1) is 13.8. The van der Waals surface area contributed by atoms with Gasteiger partial charge in [0.15, 0.2) is 0 Å². The Morgan fingerprint density at radius 2 is 1.62 bits per heavy atom. The predicted octanol–water partition coefficient (Wildman–Crippen LogP) is 4.84. The van der Waals surface area contributed by atoms with Crippen LogP contribution in [-0.2, 0) is 14.8 Å². The zero-order valence-corrected chi connectivity index (χ0v) is 17.8. The van der Waals surface area contributed by atoms with Crippen molar-refractivity contribution < 1.29 is 13.2 Å². The highest BCUT2D eigenvalue weighted by Crippen LogP contribution is 2.23. The van der Waals surface area contributed by atoms with E-state index in [0.29, 0.717) is 5.69 Å². The van der Waals surface area contributed by atoms with E-state index in [1.54, 1.807) is 54.6 Å². The number of sulfonamides is 1. The average Bonchev–Trinajstić information content (AvgIpc) is 2.70. The van der Waals surface area contributed by atoms with Gasteiger partial charge in [-0.2, -0.15) is 0 Å². The number of amides is 1. The molecule has 1 amide bonds. The third kappa shape index (κ3) is 5.85. The zero-order valence-electron chi connectivity index (χ0n) is 16.2. The number of carbonyl (C=O) groups excluding carboxylic acids is 1. The van der Waals surface area contributed by atoms with Gasteiger partial charge < -0.3 is 5.32 Å². The van der Waals surface area contributed by atoms with Crippen LogP contribution in [0, 0.1) is 13.8 Å². The molecule has 0 saturated heterocycles. The summed E-state index contributed by atoms with van der Waals surface area (Å²) in [7, 11) is -3.61. The summed E-state index contributed by atoms with van der Waals surface area (Å²) in [6, 6.07) is 21.0. The Hall–Kier alpha value is -2.77. The lowest BCUT2D eigenvalue weighted by molar-refractivity contribution is -0.113. The number of thioether (sulfide) groups is 1. The molecule has 7 heteroatoms. The highest BCUT2D eigenvalue weighted by molar-refractivity contribution is 8.00. The number of rotatable bonds is 7. The van der Waals surface area contributed by atoms with Crippen molar-refractivity contribution in [1.82, 2.24) is 0 Å². The number of anilines is 2. The number of hydrogen-bond acceptors (Lipinski definition) is 4. The Balaban J connectivity index is 1.56. The standard InChI is InChI=1S/C22H22N2O3S2/c1-16-8-13-21(17(2)14-16)23-22(25)15-28-19-11-9-18(10-12-19)24-29(26,27)20-6-4-3-5-7-20/h3-14,24H,15H2,1-2H3,(H,23,25). The van der Waals surface area contributed by atoms with Gasteiger partial charge in [-0.15, -0.1) is 11.8 Å². The van der Waals surface area contributed by atoms with Crippen LogP contribution in [0.4, 0.5) is 11.4 Å². The fourth-order valence-corrected chi connectivity index (χ4v) is 4.50. The molecule has 0 saturated carbocycles. The van der Waals surface area contributed by atoms with E-state index in [4.69, 9.17) is 0 Å². The van der Waals surface area contributed by atoms with Crippen molar-refractivity contribution >= 4 is 39.1 Å². The highest BCUT2D eigenvalue weighted by atomic mass is 32.2. The van der Waals surface area contributed by atoms with Crippen molar-refractivity contribution in [2.45, 2.75) is 23.6 Å². The van der Waals surface area contributed by atoms with E-state index in [1.165, 1.54) is 11.8 Å². The van der Waals surface area contributed by atoms with Gasteiger partial charge in [-0.25, -0.2) is 8.42 Å². The molecule has 0 aliphatic rings. The van der Waals surface area contributed by atoms with Crippen LogP contribution in [0.1, 0.15) is 11.1 Å². The SMILES string of the molecule is Cc1ccc(NC(=O)CSc2ccc(NS(=O)(=O)c3ccccc3)cc2)c(C)c1. The first-order valence-electron chi connectivity index (χ1n) is 9.01. The second-order valence-electron chi connectivity index (χ2n) is 6.60. The van der Waals surface area contributed by atoms with E-state index in [1.807, 2.05) is 32.0 Å². The van der Waals surface area contributed by atoms with Gasteiger partial charge in [-0.1, -0.05) is 35.9 Å². The summed E-state index contributed by atoms with van der Waals surface area (Å²) in [5, 5.41) is 2.92. The average molecular weight is 427 g/mol. The molecule has 0 aliphatic heterocycles. The van der Waals surface area contributed by atoms with Crippen molar-refractivity contribution in [2.75, 3.05) is 15.8 Å². The Labute approximate surface area is 175 Å². The molecule has 0 bridgehead atoms. The molecule has 150 valence electrons. The summed E-state index contributed by atoms with van der Waals surface area (Å²) in [6.45, 7) is 3.98. The normalized spacial score (nSPS) is 11.1. The molecule has 0 unspecified atom stereocenters. The molecule has 0 aromatic heterocycles. The smallest absolute Gasteiger partial charge is 0.261 e. The lowest BCUT2D eigenvalue weighted by atomic mass is 10.1. The van der Waals surface area contributed by atoms with Gasteiger partial charge in [0.2, 0.25) is 5.91 Å². The highest BCUT2D eigenvalue weighted by Gasteiger charge is 2.13. The molecule has 2 N–H and O–H groups in total. The lowest BCUT2D eigenvalue weighted by Crippen LogP contribution is -2.14. The van der Waals surface area contributed by atoms with E-state index in [2.05, 4.69) is 10.0 Å². The molecule has 5 nitrogen and oxygen atoms in total. The van der Waals surface area contributed by atoms with Gasteiger partial charge in [0.25, 0.3) is 10.0 Å². The van der Waals surface area contributed by atoms with E-state index in [0.717, 1.165) is 21.7 Å². The minimum absolute atomic E-state index is 0.0872. The zero-order chi connectivity index (χ0) is 20.9. The van der Waals surface area contributed by atoms with Crippen LogP contribution in [0.2, 0.25) is 0 Å². The van der Waals surface area contributed by atoms with Crippen LogP contribution in [0.15, 0.2) is 82.6 Å². The van der Waals surface area contributed by atoms with Gasteiger partial charge >= 0.3 is 0 Å². The summed E-state index contributed by atoms with van der Waals surface area (Å²) in [5.74, 6) is 0.179. The molecule has 0 radical (unpaired) electrons. The number of carbonyl (C=O) groups is 1. The molecule has 3 aromatic carbocycles. The van der Waals surface area contributed by atoms with Crippen LogP contribution < -0.4 is 10.0 Å². The molecule has 3 rings (SSSR count). The van der Waals surface area contributed by atoms with Crippen LogP contribution >= 0.6 is 11.8 Å². The summed E-state index contributed by atoms with van der Waals surface area (Å²) >= 11 is 1.39. The number of hydrogen-bond donors (Lipinski definition) is 2. The fraction of sp³-hybridized carbons (Fsp3) is 0.136. The van der Waals surface area contributed by atoms with Gasteiger partial charge in [-0.05, 0) is 61.9 Å². The number of nitrogens with one attached hydrogen (secondary N) is 2. The topological polar surface area (TPSA) is 75.3 Å². The molecule has 0 atom stereocenters. The molecular weight excluding hydrogens is 404 g/mol. The molecule has 29 heavy (non-hydrogen) atoms. The van der Waals surface area contributed by atoms with E-state index >= 15 is 0 Å². The Morgan fingerprint density at radius 3 is 2.28 bits per heavy atom. The summed E-state index contributed by atoms with van der Waals surface area (Å²) in [4.78, 5) is 13.3. The third-order valence-electron chi connectivity index (χ3n) is 4.19. The maximum absolute atomic E-state index is 12.4. The van der Waals surface area contributed by atoms with E-state index < -0.39 is 10.0 Å². The van der Waals surface area contributed by atoms with Crippen LogP contribution in [0.5, 0.6) is 0 Å². The summed E-state index contributed by atoms with van der Waals surface area (Å²) in [5.41, 5.74) is 3.46. The van der Waals surface area contributed by atoms with Gasteiger partial charge in [0, 0.05) is 16.3 Å². The lowest BCUT2D eigenvalue weighted by Gasteiger charge is -2.10. The van der Waals surface area contributed by atoms with Crippen LogP contribution in [0.3, 0.4) is 0 Å². The molecular formula is C22H22N2O3S2. The van der Waals surface area contributed by atoms with Crippen molar-refractivity contribution in [3.05, 3.63) is 83.9 Å².